The second-order valence-corrected chi connectivity index (χ2v) is 5.99. The van der Waals surface area contributed by atoms with Crippen LogP contribution in [0.3, 0.4) is 0 Å². The summed E-state index contributed by atoms with van der Waals surface area (Å²) in [5, 5.41) is 16.2. The van der Waals surface area contributed by atoms with Crippen molar-refractivity contribution in [2.45, 2.75) is 58.7 Å². The molecule has 1 unspecified atom stereocenters. The molecule has 0 radical (unpaired) electrons. The van der Waals surface area contributed by atoms with Gasteiger partial charge in [0, 0.05) is 5.54 Å². The first-order chi connectivity index (χ1) is 8.35. The predicted molar refractivity (Wildman–Crippen MR) is 70.7 cm³/mol. The van der Waals surface area contributed by atoms with Crippen molar-refractivity contribution >= 4 is 17.9 Å². The lowest BCUT2D eigenvalue weighted by atomic mass is 10.1. The fourth-order valence-corrected chi connectivity index (χ4v) is 1.11. The zero-order valence-corrected chi connectivity index (χ0v) is 12.2. The number of carboxylic acid groups (broad SMARTS) is 1. The van der Waals surface area contributed by atoms with Crippen LogP contribution in [0.25, 0.3) is 0 Å². The van der Waals surface area contributed by atoms with Crippen LogP contribution < -0.4 is 16.0 Å². The summed E-state index contributed by atoms with van der Waals surface area (Å²) in [6, 6.07) is -1.47. The van der Waals surface area contributed by atoms with Crippen LogP contribution in [0, 0.1) is 0 Å². The summed E-state index contributed by atoms with van der Waals surface area (Å²) in [4.78, 5) is 34.1. The van der Waals surface area contributed by atoms with Gasteiger partial charge in [-0.25, -0.2) is 9.59 Å². The molecule has 19 heavy (non-hydrogen) atoms. The Morgan fingerprint density at radius 1 is 1.00 bits per heavy atom. The molecule has 0 aliphatic rings. The van der Waals surface area contributed by atoms with E-state index < -0.39 is 29.1 Å². The minimum absolute atomic E-state index is 0.337. The van der Waals surface area contributed by atoms with E-state index in [1.54, 1.807) is 0 Å². The van der Waals surface area contributed by atoms with Gasteiger partial charge in [0.05, 0.1) is 0 Å². The number of hydrogen-bond acceptors (Lipinski definition) is 3. The van der Waals surface area contributed by atoms with E-state index in [0.717, 1.165) is 0 Å². The number of aliphatic carboxylic acids is 1. The Hall–Kier alpha value is -1.79. The van der Waals surface area contributed by atoms with Crippen molar-refractivity contribution in [3.05, 3.63) is 0 Å². The van der Waals surface area contributed by atoms with E-state index in [4.69, 9.17) is 5.11 Å². The molecule has 7 nitrogen and oxygen atoms in total. The normalized spacial score (nSPS) is 13.4. The van der Waals surface area contributed by atoms with E-state index in [1.807, 2.05) is 20.8 Å². The SMILES string of the molecule is CC(NC(=O)NC(C)(C)C(=O)O)C(=O)NC(C)(C)C. The molecular formula is C12H23N3O4. The fourth-order valence-electron chi connectivity index (χ4n) is 1.11. The lowest BCUT2D eigenvalue weighted by Crippen LogP contribution is -2.57. The molecule has 4 N–H and O–H groups in total. The third-order valence-electron chi connectivity index (χ3n) is 2.20. The number of amides is 3. The summed E-state index contributed by atoms with van der Waals surface area (Å²) in [7, 11) is 0. The van der Waals surface area contributed by atoms with Crippen molar-refractivity contribution in [1.29, 1.82) is 0 Å². The molecule has 0 saturated heterocycles. The highest BCUT2D eigenvalue weighted by atomic mass is 16.4. The van der Waals surface area contributed by atoms with Crippen molar-refractivity contribution in [2.24, 2.45) is 0 Å². The van der Waals surface area contributed by atoms with Gasteiger partial charge in [0.1, 0.15) is 11.6 Å². The van der Waals surface area contributed by atoms with Crippen LogP contribution in [0.2, 0.25) is 0 Å². The molecule has 0 spiro atoms. The van der Waals surface area contributed by atoms with Crippen molar-refractivity contribution < 1.29 is 19.5 Å². The minimum atomic E-state index is -1.40. The Bertz CT molecular complexity index is 372. The van der Waals surface area contributed by atoms with E-state index >= 15 is 0 Å². The summed E-state index contributed by atoms with van der Waals surface area (Å²) in [6.07, 6.45) is 0. The van der Waals surface area contributed by atoms with Crippen LogP contribution in [-0.2, 0) is 9.59 Å². The summed E-state index contributed by atoms with van der Waals surface area (Å²) < 4.78 is 0. The largest absolute Gasteiger partial charge is 0.480 e. The first-order valence-corrected chi connectivity index (χ1v) is 5.99. The first-order valence-electron chi connectivity index (χ1n) is 5.99. The molecule has 110 valence electrons. The number of nitrogens with one attached hydrogen (secondary N) is 3. The lowest BCUT2D eigenvalue weighted by Gasteiger charge is -2.25. The third kappa shape index (κ3) is 6.64. The molecule has 0 heterocycles. The molecule has 3 amide bonds. The molecule has 0 aromatic heterocycles. The maximum atomic E-state index is 11.7. The topological polar surface area (TPSA) is 108 Å². The van der Waals surface area contributed by atoms with Gasteiger partial charge in [0.15, 0.2) is 0 Å². The Labute approximate surface area is 113 Å². The number of carbonyl (C=O) groups excluding carboxylic acids is 2. The summed E-state index contributed by atoms with van der Waals surface area (Å²) in [5.74, 6) is -1.50. The number of carboxylic acids is 1. The van der Waals surface area contributed by atoms with Gasteiger partial charge < -0.3 is 21.1 Å². The average molecular weight is 273 g/mol. The Kier molecular flexibility index (Phi) is 5.34. The number of rotatable bonds is 4. The van der Waals surface area contributed by atoms with Crippen molar-refractivity contribution in [1.82, 2.24) is 16.0 Å². The quantitative estimate of drug-likeness (QED) is 0.596. The van der Waals surface area contributed by atoms with Gasteiger partial charge in [-0.2, -0.15) is 0 Å². The first kappa shape index (κ1) is 17.2. The molecule has 0 bridgehead atoms. The van der Waals surface area contributed by atoms with Crippen molar-refractivity contribution in [2.75, 3.05) is 0 Å². The zero-order chi connectivity index (χ0) is 15.4. The summed E-state index contributed by atoms with van der Waals surface area (Å²) in [5.41, 5.74) is -1.80. The van der Waals surface area contributed by atoms with Crippen LogP contribution in [0.15, 0.2) is 0 Å². The van der Waals surface area contributed by atoms with Gasteiger partial charge >= 0.3 is 12.0 Å². The number of carbonyl (C=O) groups is 3. The van der Waals surface area contributed by atoms with Gasteiger partial charge in [0.2, 0.25) is 5.91 Å². The summed E-state index contributed by atoms with van der Waals surface area (Å²) >= 11 is 0. The molecule has 0 saturated carbocycles. The smallest absolute Gasteiger partial charge is 0.328 e. The van der Waals surface area contributed by atoms with Crippen LogP contribution in [0.1, 0.15) is 41.5 Å². The highest BCUT2D eigenvalue weighted by molar-refractivity contribution is 5.89. The molecule has 7 heteroatoms. The second-order valence-electron chi connectivity index (χ2n) is 5.99. The Balaban J connectivity index is 4.42. The third-order valence-corrected chi connectivity index (χ3v) is 2.20. The van der Waals surface area contributed by atoms with Crippen molar-refractivity contribution in [3.8, 4) is 0 Å². The standard InChI is InChI=1S/C12H23N3O4/c1-7(8(16)14-11(2,3)4)13-10(19)15-12(5,6)9(17)18/h7H,1-6H3,(H,14,16)(H,17,18)(H2,13,15,19). The number of urea groups is 1. The Morgan fingerprint density at radius 2 is 1.47 bits per heavy atom. The monoisotopic (exact) mass is 273 g/mol. The van der Waals surface area contributed by atoms with E-state index in [9.17, 15) is 14.4 Å². The summed E-state index contributed by atoms with van der Waals surface area (Å²) in [6.45, 7) is 9.71. The molecule has 0 aromatic carbocycles. The maximum Gasteiger partial charge on any atom is 0.328 e. The van der Waals surface area contributed by atoms with E-state index in [-0.39, 0.29) is 5.91 Å². The van der Waals surface area contributed by atoms with Gasteiger partial charge in [-0.1, -0.05) is 0 Å². The van der Waals surface area contributed by atoms with Crippen LogP contribution >= 0.6 is 0 Å². The van der Waals surface area contributed by atoms with E-state index in [1.165, 1.54) is 20.8 Å². The minimum Gasteiger partial charge on any atom is -0.480 e. The highest BCUT2D eigenvalue weighted by Gasteiger charge is 2.30. The molecule has 0 rings (SSSR count). The fraction of sp³-hybridized carbons (Fsp3) is 0.750. The molecule has 0 fully saturated rings. The number of hydrogen-bond donors (Lipinski definition) is 4. The van der Waals surface area contributed by atoms with Gasteiger partial charge in [-0.05, 0) is 41.5 Å². The molecule has 0 aliphatic heterocycles. The average Bonchev–Trinajstić information content (AvgIpc) is 2.12. The van der Waals surface area contributed by atoms with Gasteiger partial charge in [0.25, 0.3) is 0 Å². The highest BCUT2D eigenvalue weighted by Crippen LogP contribution is 2.02. The zero-order valence-electron chi connectivity index (χ0n) is 12.2. The van der Waals surface area contributed by atoms with E-state index in [2.05, 4.69) is 16.0 Å². The van der Waals surface area contributed by atoms with Gasteiger partial charge in [-0.3, -0.25) is 4.79 Å². The maximum absolute atomic E-state index is 11.7. The van der Waals surface area contributed by atoms with Crippen LogP contribution in [-0.4, -0.2) is 40.1 Å². The second kappa shape index (κ2) is 5.90. The Morgan fingerprint density at radius 3 is 1.84 bits per heavy atom. The molecule has 0 aliphatic carbocycles. The van der Waals surface area contributed by atoms with Crippen LogP contribution in [0.5, 0.6) is 0 Å². The molecular weight excluding hydrogens is 250 g/mol. The van der Waals surface area contributed by atoms with Crippen molar-refractivity contribution in [3.63, 3.8) is 0 Å². The molecule has 0 aromatic rings. The van der Waals surface area contributed by atoms with Gasteiger partial charge in [-0.15, -0.1) is 0 Å². The molecule has 1 atom stereocenters. The van der Waals surface area contributed by atoms with E-state index in [0.29, 0.717) is 0 Å². The lowest BCUT2D eigenvalue weighted by molar-refractivity contribution is -0.142. The predicted octanol–water partition coefficient (Wildman–Crippen LogP) is 0.452. The van der Waals surface area contributed by atoms with Crippen LogP contribution in [0.4, 0.5) is 4.79 Å².